The van der Waals surface area contributed by atoms with Crippen molar-refractivity contribution < 1.29 is 14.6 Å². The number of hydrogen-bond acceptors (Lipinski definition) is 4. The molecule has 0 spiro atoms. The van der Waals surface area contributed by atoms with Gasteiger partial charge in [-0.3, -0.25) is 9.69 Å². The lowest BCUT2D eigenvalue weighted by molar-refractivity contribution is -0.138. The van der Waals surface area contributed by atoms with Gasteiger partial charge in [0.1, 0.15) is 12.4 Å². The minimum absolute atomic E-state index is 0.0799. The number of carbonyl (C=O) groups is 1. The maximum atomic E-state index is 10.9. The molecule has 2 rings (SSSR count). The van der Waals surface area contributed by atoms with E-state index in [1.165, 1.54) is 11.1 Å². The van der Waals surface area contributed by atoms with E-state index in [1.54, 1.807) is 11.9 Å². The van der Waals surface area contributed by atoms with Crippen molar-refractivity contribution in [3.05, 3.63) is 64.7 Å². The van der Waals surface area contributed by atoms with Crippen molar-refractivity contribution in [3.8, 4) is 11.8 Å². The topological polar surface area (TPSA) is 73.6 Å². The zero-order chi connectivity index (χ0) is 19.8. The smallest absolute Gasteiger partial charge is 0.317 e. The van der Waals surface area contributed by atoms with E-state index in [0.29, 0.717) is 13.0 Å². The molecule has 0 saturated carbocycles. The van der Waals surface area contributed by atoms with E-state index in [2.05, 4.69) is 38.1 Å². The monoisotopic (exact) mass is 366 g/mol. The van der Waals surface area contributed by atoms with E-state index in [1.807, 2.05) is 24.3 Å². The highest BCUT2D eigenvalue weighted by molar-refractivity contribution is 5.69. The summed E-state index contributed by atoms with van der Waals surface area (Å²) in [5.41, 5.74) is 4.70. The molecule has 5 heteroatoms. The maximum Gasteiger partial charge on any atom is 0.317 e. The van der Waals surface area contributed by atoms with Gasteiger partial charge in [-0.1, -0.05) is 30.3 Å². The molecular formula is C22H26N2O3. The molecule has 0 heterocycles. The van der Waals surface area contributed by atoms with Crippen LogP contribution in [0, 0.1) is 25.2 Å². The van der Waals surface area contributed by atoms with Gasteiger partial charge >= 0.3 is 5.97 Å². The highest BCUT2D eigenvalue weighted by Crippen LogP contribution is 2.18. The molecule has 0 amide bonds. The summed E-state index contributed by atoms with van der Waals surface area (Å²) in [5, 5.41) is 18.0. The second-order valence-electron chi connectivity index (χ2n) is 6.88. The Morgan fingerprint density at radius 3 is 2.41 bits per heavy atom. The van der Waals surface area contributed by atoms with Crippen molar-refractivity contribution >= 4 is 5.97 Å². The molecule has 0 aliphatic rings. The van der Waals surface area contributed by atoms with Crippen LogP contribution >= 0.6 is 0 Å². The lowest BCUT2D eigenvalue weighted by atomic mass is 10.0. The first kappa shape index (κ1) is 20.5. The van der Waals surface area contributed by atoms with Crippen molar-refractivity contribution in [1.82, 2.24) is 4.90 Å². The third kappa shape index (κ3) is 6.43. The summed E-state index contributed by atoms with van der Waals surface area (Å²) in [5.74, 6) is -0.108. The molecule has 0 fully saturated rings. The Morgan fingerprint density at radius 1 is 1.15 bits per heavy atom. The second-order valence-corrected chi connectivity index (χ2v) is 6.88. The van der Waals surface area contributed by atoms with Crippen LogP contribution in [0.3, 0.4) is 0 Å². The van der Waals surface area contributed by atoms with Gasteiger partial charge in [0.25, 0.3) is 0 Å². The van der Waals surface area contributed by atoms with E-state index in [-0.39, 0.29) is 19.0 Å². The predicted octanol–water partition coefficient (Wildman–Crippen LogP) is 3.72. The molecule has 5 nitrogen and oxygen atoms in total. The minimum atomic E-state index is -0.893. The normalized spacial score (nSPS) is 11.8. The number of carboxylic acid groups (broad SMARTS) is 1. The Labute approximate surface area is 160 Å². The van der Waals surface area contributed by atoms with Crippen molar-refractivity contribution in [2.75, 3.05) is 13.6 Å². The summed E-state index contributed by atoms with van der Waals surface area (Å²) < 4.78 is 5.85. The van der Waals surface area contributed by atoms with Gasteiger partial charge in [-0.05, 0) is 61.7 Å². The molecule has 0 aromatic heterocycles. The van der Waals surface area contributed by atoms with Gasteiger partial charge in [0.2, 0.25) is 0 Å². The Hall–Kier alpha value is -2.84. The lowest BCUT2D eigenvalue weighted by Gasteiger charge is -2.24. The number of rotatable bonds is 9. The number of aliphatic carboxylic acids is 1. The van der Waals surface area contributed by atoms with Gasteiger partial charge in [0, 0.05) is 6.04 Å². The summed E-state index contributed by atoms with van der Waals surface area (Å²) in [4.78, 5) is 12.6. The Balaban J connectivity index is 1.95. The van der Waals surface area contributed by atoms with Gasteiger partial charge in [-0.25, -0.2) is 0 Å². The van der Waals surface area contributed by atoms with E-state index < -0.39 is 5.97 Å². The molecule has 142 valence electrons. The number of likely N-dealkylation sites (N-methyl/N-ethyl adjacent to an activating group) is 1. The molecule has 0 unspecified atom stereocenters. The Kier molecular flexibility index (Phi) is 7.39. The van der Waals surface area contributed by atoms with Gasteiger partial charge in [0.05, 0.1) is 19.0 Å². The van der Waals surface area contributed by atoms with Crippen LogP contribution in [0.15, 0.2) is 42.5 Å². The Bertz CT molecular complexity index is 809. The SMILES string of the molecule is Cc1ccc(COc2ccc(C[C@@H](CC#N)N(C)CC(=O)O)cc2)cc1C. The van der Waals surface area contributed by atoms with E-state index in [0.717, 1.165) is 16.9 Å². The molecule has 1 atom stereocenters. The van der Waals surface area contributed by atoms with E-state index in [9.17, 15) is 4.79 Å². The molecule has 1 N–H and O–H groups in total. The quantitative estimate of drug-likeness (QED) is 0.732. The van der Waals surface area contributed by atoms with Crippen LogP contribution in [0.5, 0.6) is 5.75 Å². The summed E-state index contributed by atoms with van der Waals surface area (Å²) in [6, 6.07) is 16.1. The van der Waals surface area contributed by atoms with Crippen LogP contribution in [-0.2, 0) is 17.8 Å². The summed E-state index contributed by atoms with van der Waals surface area (Å²) in [6.07, 6.45) is 0.906. The molecule has 27 heavy (non-hydrogen) atoms. The predicted molar refractivity (Wildman–Crippen MR) is 105 cm³/mol. The maximum absolute atomic E-state index is 10.9. The average molecular weight is 366 g/mol. The molecule has 0 aliphatic carbocycles. The van der Waals surface area contributed by atoms with E-state index in [4.69, 9.17) is 15.1 Å². The first-order valence-corrected chi connectivity index (χ1v) is 8.96. The van der Waals surface area contributed by atoms with Crippen LogP contribution in [0.25, 0.3) is 0 Å². The molecule has 0 radical (unpaired) electrons. The van der Waals surface area contributed by atoms with Crippen LogP contribution in [-0.4, -0.2) is 35.6 Å². The molecule has 2 aromatic rings. The summed E-state index contributed by atoms with van der Waals surface area (Å²) in [6.45, 7) is 4.61. The van der Waals surface area contributed by atoms with Crippen molar-refractivity contribution in [2.45, 2.75) is 39.3 Å². The standard InChI is InChI=1S/C22H26N2O3/c1-16-4-5-19(12-17(16)2)15-27-21-8-6-18(7-9-21)13-20(10-11-23)24(3)14-22(25)26/h4-9,12,20H,10,13-15H2,1-3H3,(H,25,26)/t20-/m1/s1. The number of aryl methyl sites for hydroxylation is 2. The molecular weight excluding hydrogens is 340 g/mol. The number of benzene rings is 2. The first-order chi connectivity index (χ1) is 12.9. The number of nitrogens with zero attached hydrogens (tertiary/aromatic N) is 2. The van der Waals surface area contributed by atoms with Crippen LogP contribution in [0.1, 0.15) is 28.7 Å². The second kappa shape index (κ2) is 9.75. The molecule has 0 bridgehead atoms. The van der Waals surface area contributed by atoms with Crippen LogP contribution in [0.4, 0.5) is 0 Å². The van der Waals surface area contributed by atoms with Crippen molar-refractivity contribution in [1.29, 1.82) is 5.26 Å². The van der Waals surface area contributed by atoms with Crippen LogP contribution in [0.2, 0.25) is 0 Å². The first-order valence-electron chi connectivity index (χ1n) is 8.96. The van der Waals surface area contributed by atoms with E-state index >= 15 is 0 Å². The third-order valence-electron chi connectivity index (χ3n) is 4.71. The number of hydrogen-bond donors (Lipinski definition) is 1. The number of nitriles is 1. The minimum Gasteiger partial charge on any atom is -0.489 e. The zero-order valence-electron chi connectivity index (χ0n) is 16.1. The zero-order valence-corrected chi connectivity index (χ0v) is 16.1. The molecule has 0 aliphatic heterocycles. The van der Waals surface area contributed by atoms with Gasteiger partial charge in [-0.2, -0.15) is 5.26 Å². The number of carboxylic acids is 1. The third-order valence-corrected chi connectivity index (χ3v) is 4.71. The molecule has 2 aromatic carbocycles. The van der Waals surface area contributed by atoms with Gasteiger partial charge in [0.15, 0.2) is 0 Å². The highest BCUT2D eigenvalue weighted by atomic mass is 16.5. The number of ether oxygens (including phenoxy) is 1. The van der Waals surface area contributed by atoms with Crippen molar-refractivity contribution in [2.24, 2.45) is 0 Å². The highest BCUT2D eigenvalue weighted by Gasteiger charge is 2.17. The Morgan fingerprint density at radius 2 is 1.81 bits per heavy atom. The molecule has 0 saturated heterocycles. The summed E-state index contributed by atoms with van der Waals surface area (Å²) in [7, 11) is 1.73. The fourth-order valence-electron chi connectivity index (χ4n) is 2.89. The van der Waals surface area contributed by atoms with Gasteiger partial charge < -0.3 is 9.84 Å². The summed E-state index contributed by atoms with van der Waals surface area (Å²) >= 11 is 0. The largest absolute Gasteiger partial charge is 0.489 e. The van der Waals surface area contributed by atoms with Crippen molar-refractivity contribution in [3.63, 3.8) is 0 Å². The lowest BCUT2D eigenvalue weighted by Crippen LogP contribution is -2.37. The fourth-order valence-corrected chi connectivity index (χ4v) is 2.89. The fraction of sp³-hybridized carbons (Fsp3) is 0.364. The van der Waals surface area contributed by atoms with Gasteiger partial charge in [-0.15, -0.1) is 0 Å². The van der Waals surface area contributed by atoms with Crippen LogP contribution < -0.4 is 4.74 Å². The average Bonchev–Trinajstić information content (AvgIpc) is 2.63.